The fraction of sp³-hybridized carbons (Fsp3) is 0.333. The lowest BCUT2D eigenvalue weighted by Gasteiger charge is -2.11. The Hall–Kier alpha value is -0.990. The van der Waals surface area contributed by atoms with E-state index in [4.69, 9.17) is 22.1 Å². The van der Waals surface area contributed by atoms with E-state index in [1.165, 1.54) is 0 Å². The molecule has 0 saturated heterocycles. The fourth-order valence-corrected chi connectivity index (χ4v) is 1.32. The first-order valence-corrected chi connectivity index (χ1v) is 5.33. The SMILES string of the molecule is C=C(CC)COc1ccc(Cl)cc1CN. The third-order valence-electron chi connectivity index (χ3n) is 2.17. The second-order valence-corrected chi connectivity index (χ2v) is 3.78. The highest BCUT2D eigenvalue weighted by molar-refractivity contribution is 6.30. The molecular weight excluding hydrogens is 210 g/mol. The number of benzene rings is 1. The molecule has 3 heteroatoms. The molecule has 82 valence electrons. The number of ether oxygens (including phenoxy) is 1. The molecule has 0 aliphatic rings. The number of halogens is 1. The van der Waals surface area contributed by atoms with Gasteiger partial charge in [-0.05, 0) is 30.2 Å². The van der Waals surface area contributed by atoms with Gasteiger partial charge in [-0.2, -0.15) is 0 Å². The summed E-state index contributed by atoms with van der Waals surface area (Å²) in [7, 11) is 0. The van der Waals surface area contributed by atoms with Crippen LogP contribution in [0.25, 0.3) is 0 Å². The maximum absolute atomic E-state index is 5.86. The van der Waals surface area contributed by atoms with Crippen LogP contribution in [0, 0.1) is 0 Å². The predicted octanol–water partition coefficient (Wildman–Crippen LogP) is 3.14. The van der Waals surface area contributed by atoms with E-state index >= 15 is 0 Å². The van der Waals surface area contributed by atoms with Crippen LogP contribution in [0.5, 0.6) is 5.75 Å². The number of hydrogen-bond acceptors (Lipinski definition) is 2. The van der Waals surface area contributed by atoms with E-state index in [0.29, 0.717) is 18.2 Å². The molecule has 0 bridgehead atoms. The van der Waals surface area contributed by atoms with Crippen molar-refractivity contribution in [2.75, 3.05) is 6.61 Å². The van der Waals surface area contributed by atoms with Crippen LogP contribution in [0.4, 0.5) is 0 Å². The van der Waals surface area contributed by atoms with Gasteiger partial charge in [-0.25, -0.2) is 0 Å². The summed E-state index contributed by atoms with van der Waals surface area (Å²) in [5.74, 6) is 0.788. The molecule has 1 aromatic rings. The molecule has 2 nitrogen and oxygen atoms in total. The third-order valence-corrected chi connectivity index (χ3v) is 2.41. The van der Waals surface area contributed by atoms with Crippen LogP contribution in [-0.4, -0.2) is 6.61 Å². The molecule has 1 aromatic carbocycles. The summed E-state index contributed by atoms with van der Waals surface area (Å²) in [6.45, 7) is 6.89. The molecule has 0 aliphatic carbocycles. The summed E-state index contributed by atoms with van der Waals surface area (Å²) < 4.78 is 5.60. The Morgan fingerprint density at radius 2 is 2.27 bits per heavy atom. The lowest BCUT2D eigenvalue weighted by Crippen LogP contribution is -2.04. The monoisotopic (exact) mass is 225 g/mol. The van der Waals surface area contributed by atoms with Crippen molar-refractivity contribution >= 4 is 11.6 Å². The molecular formula is C12H16ClNO. The van der Waals surface area contributed by atoms with Crippen LogP contribution >= 0.6 is 11.6 Å². The van der Waals surface area contributed by atoms with Gasteiger partial charge < -0.3 is 10.5 Å². The van der Waals surface area contributed by atoms with Gasteiger partial charge in [-0.3, -0.25) is 0 Å². The van der Waals surface area contributed by atoms with Crippen molar-refractivity contribution < 1.29 is 4.74 Å². The Kier molecular flexibility index (Phi) is 4.66. The largest absolute Gasteiger partial charge is 0.489 e. The lowest BCUT2D eigenvalue weighted by atomic mass is 10.2. The van der Waals surface area contributed by atoms with E-state index in [9.17, 15) is 0 Å². The molecule has 1 rings (SSSR count). The van der Waals surface area contributed by atoms with Gasteiger partial charge in [-0.15, -0.1) is 0 Å². The Balaban J connectivity index is 2.72. The minimum Gasteiger partial charge on any atom is -0.489 e. The van der Waals surface area contributed by atoms with E-state index in [1.807, 2.05) is 12.1 Å². The average molecular weight is 226 g/mol. The summed E-state index contributed by atoms with van der Waals surface area (Å²) in [5, 5.41) is 0.678. The first kappa shape index (κ1) is 12.1. The van der Waals surface area contributed by atoms with Crippen LogP contribution in [0.2, 0.25) is 5.02 Å². The normalized spacial score (nSPS) is 10.1. The minimum atomic E-state index is 0.425. The van der Waals surface area contributed by atoms with Crippen molar-refractivity contribution in [2.24, 2.45) is 5.73 Å². The quantitative estimate of drug-likeness (QED) is 0.782. The van der Waals surface area contributed by atoms with Crippen LogP contribution < -0.4 is 10.5 Å². The molecule has 0 aliphatic heterocycles. The van der Waals surface area contributed by atoms with Crippen molar-refractivity contribution in [1.29, 1.82) is 0 Å². The molecule has 0 spiro atoms. The molecule has 0 radical (unpaired) electrons. The predicted molar refractivity (Wildman–Crippen MR) is 64.3 cm³/mol. The summed E-state index contributed by atoms with van der Waals surface area (Å²) >= 11 is 5.86. The van der Waals surface area contributed by atoms with E-state index in [1.54, 1.807) is 6.07 Å². The van der Waals surface area contributed by atoms with Crippen LogP contribution in [-0.2, 0) is 6.54 Å². The molecule has 0 amide bonds. The second kappa shape index (κ2) is 5.79. The van der Waals surface area contributed by atoms with Crippen molar-refractivity contribution in [3.05, 3.63) is 40.9 Å². The van der Waals surface area contributed by atoms with Crippen LogP contribution in [0.1, 0.15) is 18.9 Å². The Bertz CT molecular complexity index is 349. The van der Waals surface area contributed by atoms with E-state index in [0.717, 1.165) is 23.3 Å². The molecule has 0 saturated carbocycles. The summed E-state index contributed by atoms with van der Waals surface area (Å²) in [6, 6.07) is 5.46. The van der Waals surface area contributed by atoms with E-state index in [2.05, 4.69) is 13.5 Å². The molecule has 0 fully saturated rings. The molecule has 0 atom stereocenters. The average Bonchev–Trinajstić information content (AvgIpc) is 2.26. The summed E-state index contributed by atoms with van der Waals surface area (Å²) in [5.41, 5.74) is 7.58. The van der Waals surface area contributed by atoms with Gasteiger partial charge in [0.15, 0.2) is 0 Å². The number of nitrogens with two attached hydrogens (primary N) is 1. The van der Waals surface area contributed by atoms with Crippen molar-refractivity contribution in [3.63, 3.8) is 0 Å². The highest BCUT2D eigenvalue weighted by atomic mass is 35.5. The lowest BCUT2D eigenvalue weighted by molar-refractivity contribution is 0.345. The van der Waals surface area contributed by atoms with Gasteiger partial charge >= 0.3 is 0 Å². The van der Waals surface area contributed by atoms with Crippen LogP contribution in [0.3, 0.4) is 0 Å². The van der Waals surface area contributed by atoms with Crippen molar-refractivity contribution in [2.45, 2.75) is 19.9 Å². The minimum absolute atomic E-state index is 0.425. The van der Waals surface area contributed by atoms with Crippen molar-refractivity contribution in [3.8, 4) is 5.75 Å². The summed E-state index contributed by atoms with van der Waals surface area (Å²) in [6.07, 6.45) is 0.922. The first-order valence-electron chi connectivity index (χ1n) is 4.95. The Labute approximate surface area is 95.7 Å². The third kappa shape index (κ3) is 3.57. The number of rotatable bonds is 5. The Morgan fingerprint density at radius 1 is 1.53 bits per heavy atom. The summed E-state index contributed by atoms with van der Waals surface area (Å²) in [4.78, 5) is 0. The zero-order valence-electron chi connectivity index (χ0n) is 8.92. The molecule has 0 unspecified atom stereocenters. The van der Waals surface area contributed by atoms with E-state index in [-0.39, 0.29) is 0 Å². The zero-order valence-corrected chi connectivity index (χ0v) is 9.68. The van der Waals surface area contributed by atoms with Crippen LogP contribution in [0.15, 0.2) is 30.4 Å². The molecule has 2 N–H and O–H groups in total. The van der Waals surface area contributed by atoms with Gasteiger partial charge in [0.25, 0.3) is 0 Å². The highest BCUT2D eigenvalue weighted by Gasteiger charge is 2.03. The smallest absolute Gasteiger partial charge is 0.124 e. The molecule has 15 heavy (non-hydrogen) atoms. The van der Waals surface area contributed by atoms with E-state index < -0.39 is 0 Å². The maximum atomic E-state index is 5.86. The highest BCUT2D eigenvalue weighted by Crippen LogP contribution is 2.22. The fourth-order valence-electron chi connectivity index (χ4n) is 1.13. The van der Waals surface area contributed by atoms with Gasteiger partial charge in [-0.1, -0.05) is 25.1 Å². The molecule has 0 heterocycles. The molecule has 0 aromatic heterocycles. The van der Waals surface area contributed by atoms with Gasteiger partial charge in [0.1, 0.15) is 12.4 Å². The number of hydrogen-bond donors (Lipinski definition) is 1. The van der Waals surface area contributed by atoms with Gasteiger partial charge in [0.2, 0.25) is 0 Å². The van der Waals surface area contributed by atoms with Gasteiger partial charge in [0, 0.05) is 17.1 Å². The second-order valence-electron chi connectivity index (χ2n) is 3.35. The van der Waals surface area contributed by atoms with Crippen molar-refractivity contribution in [1.82, 2.24) is 0 Å². The zero-order chi connectivity index (χ0) is 11.3. The standard InChI is InChI=1S/C12H16ClNO/c1-3-9(2)8-15-12-5-4-11(13)6-10(12)7-14/h4-6H,2-3,7-8,14H2,1H3. The Morgan fingerprint density at radius 3 is 2.87 bits per heavy atom. The first-order chi connectivity index (χ1) is 7.17. The topological polar surface area (TPSA) is 35.2 Å². The maximum Gasteiger partial charge on any atom is 0.124 e. The van der Waals surface area contributed by atoms with Gasteiger partial charge in [0.05, 0.1) is 0 Å².